The largest absolute Gasteiger partial charge is 0.493 e. The molecule has 2 amide bonds. The van der Waals surface area contributed by atoms with Crippen molar-refractivity contribution in [1.82, 2.24) is 10.2 Å². The Morgan fingerprint density at radius 2 is 1.82 bits per heavy atom. The molecular formula is C22H27F3N2O5S. The maximum absolute atomic E-state index is 13.0. The second-order valence-electron chi connectivity index (χ2n) is 7.27. The van der Waals surface area contributed by atoms with E-state index in [2.05, 4.69) is 5.32 Å². The van der Waals surface area contributed by atoms with Crippen LogP contribution in [0.3, 0.4) is 0 Å². The number of nitrogens with one attached hydrogen (secondary N) is 1. The number of halogens is 3. The summed E-state index contributed by atoms with van der Waals surface area (Å²) in [6, 6.07) is 7.41. The van der Waals surface area contributed by atoms with E-state index in [1.807, 2.05) is 13.8 Å². The van der Waals surface area contributed by atoms with Gasteiger partial charge >= 0.3 is 22.3 Å². The maximum atomic E-state index is 13.0. The second kappa shape index (κ2) is 10.8. The van der Waals surface area contributed by atoms with Crippen molar-refractivity contribution in [2.45, 2.75) is 50.9 Å². The molecule has 2 rings (SSSR count). The number of ether oxygens (including phenoxy) is 1. The number of benzene rings is 2. The van der Waals surface area contributed by atoms with E-state index in [4.69, 9.17) is 8.92 Å². The minimum absolute atomic E-state index is 0.0717. The minimum atomic E-state index is -4.71. The predicted octanol–water partition coefficient (Wildman–Crippen LogP) is 4.81. The highest BCUT2D eigenvalue weighted by molar-refractivity contribution is 7.87. The van der Waals surface area contributed by atoms with Crippen molar-refractivity contribution in [2.75, 3.05) is 13.7 Å². The molecule has 2 aromatic rings. The van der Waals surface area contributed by atoms with Gasteiger partial charge < -0.3 is 19.1 Å². The third-order valence-electron chi connectivity index (χ3n) is 4.94. The fourth-order valence-corrected chi connectivity index (χ4v) is 3.96. The summed E-state index contributed by atoms with van der Waals surface area (Å²) in [4.78, 5) is 13.4. The molecule has 2 aromatic carbocycles. The first-order chi connectivity index (χ1) is 15.4. The number of amides is 2. The van der Waals surface area contributed by atoms with Crippen LogP contribution in [0, 0.1) is 0 Å². The zero-order valence-corrected chi connectivity index (χ0v) is 19.6. The molecule has 0 aromatic heterocycles. The van der Waals surface area contributed by atoms with Gasteiger partial charge in [0.25, 0.3) is 0 Å². The molecule has 0 fully saturated rings. The van der Waals surface area contributed by atoms with E-state index in [9.17, 15) is 26.4 Å². The fraction of sp³-hybridized carbons (Fsp3) is 0.409. The number of hydrogen-bond acceptors (Lipinski definition) is 5. The molecule has 0 aliphatic carbocycles. The normalized spacial score (nSPS) is 12.7. The number of carbonyl (C=O) groups is 1. The average Bonchev–Trinajstić information content (AvgIpc) is 2.76. The van der Waals surface area contributed by atoms with Crippen molar-refractivity contribution in [1.29, 1.82) is 0 Å². The molecule has 7 nitrogen and oxygen atoms in total. The summed E-state index contributed by atoms with van der Waals surface area (Å²) in [5.74, 6) is -0.130. The van der Waals surface area contributed by atoms with Crippen molar-refractivity contribution in [3.05, 3.63) is 53.6 Å². The number of alkyl halides is 3. The van der Waals surface area contributed by atoms with E-state index in [0.29, 0.717) is 24.6 Å². The average molecular weight is 489 g/mol. The molecule has 0 heterocycles. The molecule has 0 bridgehead atoms. The quantitative estimate of drug-likeness (QED) is 0.512. The van der Waals surface area contributed by atoms with E-state index in [1.54, 1.807) is 17.9 Å². The molecule has 33 heavy (non-hydrogen) atoms. The van der Waals surface area contributed by atoms with Gasteiger partial charge in [-0.2, -0.15) is 21.6 Å². The van der Waals surface area contributed by atoms with E-state index in [1.165, 1.54) is 19.2 Å². The zero-order valence-electron chi connectivity index (χ0n) is 18.8. The molecule has 0 aliphatic rings. The monoisotopic (exact) mass is 488 g/mol. The van der Waals surface area contributed by atoms with Gasteiger partial charge in [0.1, 0.15) is 4.90 Å². The molecule has 0 unspecified atom stereocenters. The van der Waals surface area contributed by atoms with Crippen LogP contribution in [0.1, 0.15) is 38.3 Å². The smallest absolute Gasteiger partial charge is 0.416 e. The lowest BCUT2D eigenvalue weighted by Crippen LogP contribution is -2.44. The summed E-state index contributed by atoms with van der Waals surface area (Å²) in [5.41, 5.74) is -0.560. The van der Waals surface area contributed by atoms with Gasteiger partial charge in [-0.15, -0.1) is 0 Å². The minimum Gasteiger partial charge on any atom is -0.493 e. The number of nitrogens with zero attached hydrogens (tertiary/aromatic N) is 1. The maximum Gasteiger partial charge on any atom is 0.416 e. The molecule has 0 radical (unpaired) electrons. The van der Waals surface area contributed by atoms with Crippen LogP contribution in [0.15, 0.2) is 47.4 Å². The van der Waals surface area contributed by atoms with Crippen molar-refractivity contribution in [3.63, 3.8) is 0 Å². The summed E-state index contributed by atoms with van der Waals surface area (Å²) in [7, 11) is -3.29. The Hall–Kier alpha value is -2.95. The van der Waals surface area contributed by atoms with Crippen LogP contribution in [0.5, 0.6) is 11.5 Å². The molecule has 1 N–H and O–H groups in total. The standard InChI is InChI=1S/C22H27F3N2O5S/c1-5-15(3)27(21(28)26-6-2)14-16-10-11-19(31-4)20(12-16)32-33(29,30)18-9-7-8-17(13-18)22(23,24)25/h7-13,15H,5-6,14H2,1-4H3,(H,26,28)/t15-/m0/s1. The summed E-state index contributed by atoms with van der Waals surface area (Å²) in [6.07, 6.45) is -4.01. The Kier molecular flexibility index (Phi) is 8.59. The first kappa shape index (κ1) is 26.3. The van der Waals surface area contributed by atoms with E-state index < -0.39 is 26.8 Å². The molecule has 0 saturated carbocycles. The third kappa shape index (κ3) is 6.77. The van der Waals surface area contributed by atoms with Gasteiger partial charge in [0.15, 0.2) is 11.5 Å². The summed E-state index contributed by atoms with van der Waals surface area (Å²) >= 11 is 0. The van der Waals surface area contributed by atoms with Crippen LogP contribution < -0.4 is 14.2 Å². The van der Waals surface area contributed by atoms with Crippen LogP contribution in [-0.2, 0) is 22.8 Å². The lowest BCUT2D eigenvalue weighted by atomic mass is 10.1. The van der Waals surface area contributed by atoms with Gasteiger partial charge in [0.05, 0.1) is 12.7 Å². The lowest BCUT2D eigenvalue weighted by Gasteiger charge is -2.29. The van der Waals surface area contributed by atoms with Gasteiger partial charge in [-0.3, -0.25) is 0 Å². The van der Waals surface area contributed by atoms with Crippen molar-refractivity contribution < 1.29 is 35.3 Å². The van der Waals surface area contributed by atoms with Gasteiger partial charge in [-0.1, -0.05) is 19.1 Å². The van der Waals surface area contributed by atoms with Crippen molar-refractivity contribution >= 4 is 16.1 Å². The number of urea groups is 1. The van der Waals surface area contributed by atoms with Crippen LogP contribution in [0.25, 0.3) is 0 Å². The molecule has 0 saturated heterocycles. The second-order valence-corrected chi connectivity index (χ2v) is 8.82. The van der Waals surface area contributed by atoms with Crippen LogP contribution in [0.4, 0.5) is 18.0 Å². The van der Waals surface area contributed by atoms with Crippen LogP contribution in [0.2, 0.25) is 0 Å². The number of carbonyl (C=O) groups excluding carboxylic acids is 1. The molecule has 182 valence electrons. The zero-order chi connectivity index (χ0) is 24.8. The van der Waals surface area contributed by atoms with Crippen molar-refractivity contribution in [2.24, 2.45) is 0 Å². The predicted molar refractivity (Wildman–Crippen MR) is 117 cm³/mol. The third-order valence-corrected chi connectivity index (χ3v) is 6.17. The first-order valence-electron chi connectivity index (χ1n) is 10.3. The lowest BCUT2D eigenvalue weighted by molar-refractivity contribution is -0.137. The van der Waals surface area contributed by atoms with Gasteiger partial charge in [0.2, 0.25) is 0 Å². The number of rotatable bonds is 9. The Morgan fingerprint density at radius 3 is 2.39 bits per heavy atom. The van der Waals surface area contributed by atoms with Crippen LogP contribution >= 0.6 is 0 Å². The Balaban J connectivity index is 2.39. The van der Waals surface area contributed by atoms with Gasteiger partial charge in [-0.25, -0.2) is 4.79 Å². The van der Waals surface area contributed by atoms with Crippen molar-refractivity contribution in [3.8, 4) is 11.5 Å². The van der Waals surface area contributed by atoms with Gasteiger partial charge in [-0.05, 0) is 56.2 Å². The summed E-state index contributed by atoms with van der Waals surface area (Å²) in [6.45, 7) is 6.21. The summed E-state index contributed by atoms with van der Waals surface area (Å²) in [5, 5.41) is 2.74. The topological polar surface area (TPSA) is 84.9 Å². The molecule has 1 atom stereocenters. The summed E-state index contributed by atoms with van der Waals surface area (Å²) < 4.78 is 74.7. The fourth-order valence-electron chi connectivity index (χ4n) is 2.98. The SMILES string of the molecule is CCNC(=O)N(Cc1ccc(OC)c(OS(=O)(=O)c2cccc(C(F)(F)F)c2)c1)[C@@H](C)CC. The van der Waals surface area contributed by atoms with E-state index in [-0.39, 0.29) is 30.1 Å². The molecular weight excluding hydrogens is 461 g/mol. The number of hydrogen-bond donors (Lipinski definition) is 1. The number of methoxy groups -OCH3 is 1. The molecule has 11 heteroatoms. The van der Waals surface area contributed by atoms with Crippen LogP contribution in [-0.4, -0.2) is 39.0 Å². The van der Waals surface area contributed by atoms with E-state index in [0.717, 1.165) is 18.2 Å². The molecule has 0 spiro atoms. The van der Waals surface area contributed by atoms with E-state index >= 15 is 0 Å². The highest BCUT2D eigenvalue weighted by Crippen LogP contribution is 2.34. The Morgan fingerprint density at radius 1 is 1.12 bits per heavy atom. The highest BCUT2D eigenvalue weighted by atomic mass is 32.2. The molecule has 0 aliphatic heterocycles. The Bertz CT molecular complexity index is 1070. The Labute approximate surface area is 191 Å². The first-order valence-corrected chi connectivity index (χ1v) is 11.7. The van der Waals surface area contributed by atoms with Gasteiger partial charge in [0, 0.05) is 19.1 Å². The highest BCUT2D eigenvalue weighted by Gasteiger charge is 2.32.